The Balaban J connectivity index is 2.15. The van der Waals surface area contributed by atoms with E-state index < -0.39 is 9.84 Å². The Morgan fingerprint density at radius 1 is 1.31 bits per heavy atom. The minimum absolute atomic E-state index is 0.0823. The Bertz CT molecular complexity index is 280. The summed E-state index contributed by atoms with van der Waals surface area (Å²) in [5.41, 5.74) is 4.93. The molecule has 1 fully saturated rings. The Morgan fingerprint density at radius 3 is 2.38 bits per heavy atom. The number of hydrogen-bond acceptors (Lipinski definition) is 3. The normalized spacial score (nSPS) is 17.2. The summed E-state index contributed by atoms with van der Waals surface area (Å²) in [5.74, 6) is -0.144. The van der Waals surface area contributed by atoms with E-state index >= 15 is 0 Å². The first-order chi connectivity index (χ1) is 6.02. The smallest absolute Gasteiger partial charge is 0.217 e. The number of carbonyl (C=O) groups is 1. The lowest BCUT2D eigenvalue weighted by Crippen LogP contribution is -2.13. The molecule has 1 amide bonds. The van der Waals surface area contributed by atoms with Crippen LogP contribution in [0.4, 0.5) is 0 Å². The van der Waals surface area contributed by atoms with Crippen LogP contribution in [0.15, 0.2) is 0 Å². The third-order valence-electron chi connectivity index (χ3n) is 2.13. The lowest BCUT2D eigenvalue weighted by molar-refractivity contribution is -0.118. The number of nitrogens with two attached hydrogens (primary N) is 1. The average Bonchev–Trinajstić information content (AvgIpc) is 2.79. The van der Waals surface area contributed by atoms with Gasteiger partial charge in [0.25, 0.3) is 0 Å². The van der Waals surface area contributed by atoms with Gasteiger partial charge in [0.15, 0.2) is 9.84 Å². The second-order valence-corrected chi connectivity index (χ2v) is 5.89. The van der Waals surface area contributed by atoms with Crippen LogP contribution in [0.2, 0.25) is 0 Å². The van der Waals surface area contributed by atoms with E-state index in [-0.39, 0.29) is 16.9 Å². The predicted octanol–water partition coefficient (Wildman–Crippen LogP) is 0.219. The Morgan fingerprint density at radius 2 is 1.92 bits per heavy atom. The van der Waals surface area contributed by atoms with Crippen LogP contribution in [0.25, 0.3) is 0 Å². The van der Waals surface area contributed by atoms with E-state index in [0.717, 1.165) is 12.8 Å². The molecule has 0 unspecified atom stereocenters. The molecule has 1 rings (SSSR count). The van der Waals surface area contributed by atoms with E-state index in [1.54, 1.807) is 0 Å². The molecule has 1 aliphatic carbocycles. The van der Waals surface area contributed by atoms with Crippen LogP contribution in [0.3, 0.4) is 0 Å². The summed E-state index contributed by atoms with van der Waals surface area (Å²) in [4.78, 5) is 10.3. The van der Waals surface area contributed by atoms with Gasteiger partial charge in [-0.15, -0.1) is 0 Å². The molecule has 0 aromatic carbocycles. The quantitative estimate of drug-likeness (QED) is 0.630. The van der Waals surface area contributed by atoms with Crippen LogP contribution in [0.1, 0.15) is 32.1 Å². The van der Waals surface area contributed by atoms with Gasteiger partial charge in [0.1, 0.15) is 0 Å². The molecular formula is C8H15NO3S. The van der Waals surface area contributed by atoms with Gasteiger partial charge in [-0.05, 0) is 25.7 Å². The summed E-state index contributed by atoms with van der Waals surface area (Å²) in [7, 11) is -2.84. The van der Waals surface area contributed by atoms with Gasteiger partial charge in [-0.3, -0.25) is 4.79 Å². The van der Waals surface area contributed by atoms with Gasteiger partial charge in [-0.1, -0.05) is 0 Å². The SMILES string of the molecule is NC(=O)CCCCS(=O)(=O)C1CC1. The number of primary amides is 1. The lowest BCUT2D eigenvalue weighted by atomic mass is 10.2. The molecule has 1 aliphatic rings. The van der Waals surface area contributed by atoms with E-state index in [9.17, 15) is 13.2 Å². The van der Waals surface area contributed by atoms with Crippen LogP contribution < -0.4 is 5.73 Å². The van der Waals surface area contributed by atoms with Crippen molar-refractivity contribution < 1.29 is 13.2 Å². The second-order valence-electron chi connectivity index (χ2n) is 3.49. The van der Waals surface area contributed by atoms with Crippen molar-refractivity contribution in [3.8, 4) is 0 Å². The van der Waals surface area contributed by atoms with Crippen molar-refractivity contribution in [1.29, 1.82) is 0 Å². The van der Waals surface area contributed by atoms with Gasteiger partial charge in [-0.25, -0.2) is 8.42 Å². The molecule has 5 heteroatoms. The first kappa shape index (κ1) is 10.5. The zero-order valence-corrected chi connectivity index (χ0v) is 8.35. The molecule has 0 spiro atoms. The molecule has 0 saturated heterocycles. The van der Waals surface area contributed by atoms with Crippen LogP contribution in [-0.4, -0.2) is 25.3 Å². The fraction of sp³-hybridized carbons (Fsp3) is 0.875. The van der Waals surface area contributed by atoms with E-state index in [0.29, 0.717) is 19.3 Å². The maximum absolute atomic E-state index is 11.3. The van der Waals surface area contributed by atoms with Gasteiger partial charge in [0.05, 0.1) is 11.0 Å². The summed E-state index contributed by atoms with van der Waals surface area (Å²) in [6, 6.07) is 0. The van der Waals surface area contributed by atoms with Crippen LogP contribution in [0, 0.1) is 0 Å². The third kappa shape index (κ3) is 3.76. The van der Waals surface area contributed by atoms with Crippen molar-refractivity contribution >= 4 is 15.7 Å². The summed E-state index contributed by atoms with van der Waals surface area (Å²) in [6.45, 7) is 0. The van der Waals surface area contributed by atoms with Crippen LogP contribution >= 0.6 is 0 Å². The molecule has 13 heavy (non-hydrogen) atoms. The summed E-state index contributed by atoms with van der Waals surface area (Å²) in [6.07, 6.45) is 3.07. The largest absolute Gasteiger partial charge is 0.370 e. The number of amides is 1. The molecule has 0 aliphatic heterocycles. The fourth-order valence-electron chi connectivity index (χ4n) is 1.20. The predicted molar refractivity (Wildman–Crippen MR) is 49.9 cm³/mol. The van der Waals surface area contributed by atoms with Gasteiger partial charge < -0.3 is 5.73 Å². The molecule has 0 radical (unpaired) electrons. The molecule has 0 aromatic rings. The Kier molecular flexibility index (Phi) is 3.30. The van der Waals surface area contributed by atoms with E-state index in [4.69, 9.17) is 5.73 Å². The van der Waals surface area contributed by atoms with Gasteiger partial charge in [0.2, 0.25) is 5.91 Å². The van der Waals surface area contributed by atoms with E-state index in [1.807, 2.05) is 0 Å². The first-order valence-corrected chi connectivity index (χ1v) is 6.24. The zero-order chi connectivity index (χ0) is 9.90. The molecule has 1 saturated carbocycles. The summed E-state index contributed by atoms with van der Waals surface area (Å²) >= 11 is 0. The molecular weight excluding hydrogens is 190 g/mol. The number of sulfone groups is 1. The van der Waals surface area contributed by atoms with Gasteiger partial charge >= 0.3 is 0 Å². The maximum atomic E-state index is 11.3. The van der Waals surface area contributed by atoms with Gasteiger partial charge in [-0.2, -0.15) is 0 Å². The van der Waals surface area contributed by atoms with Crippen molar-refractivity contribution in [3.05, 3.63) is 0 Å². The average molecular weight is 205 g/mol. The second kappa shape index (κ2) is 4.09. The van der Waals surface area contributed by atoms with Crippen molar-refractivity contribution in [2.45, 2.75) is 37.4 Å². The molecule has 0 bridgehead atoms. The van der Waals surface area contributed by atoms with Crippen molar-refractivity contribution in [2.75, 3.05) is 5.75 Å². The van der Waals surface area contributed by atoms with E-state index in [1.165, 1.54) is 0 Å². The highest BCUT2D eigenvalue weighted by molar-refractivity contribution is 7.92. The zero-order valence-electron chi connectivity index (χ0n) is 7.53. The first-order valence-electron chi connectivity index (χ1n) is 4.52. The molecule has 0 atom stereocenters. The minimum Gasteiger partial charge on any atom is -0.370 e. The highest BCUT2D eigenvalue weighted by atomic mass is 32.2. The number of rotatable bonds is 6. The monoisotopic (exact) mass is 205 g/mol. The molecule has 2 N–H and O–H groups in total. The lowest BCUT2D eigenvalue weighted by Gasteiger charge is -2.00. The van der Waals surface area contributed by atoms with Crippen molar-refractivity contribution in [1.82, 2.24) is 0 Å². The summed E-state index contributed by atoms with van der Waals surface area (Å²) < 4.78 is 22.6. The highest BCUT2D eigenvalue weighted by Crippen LogP contribution is 2.29. The minimum atomic E-state index is -2.84. The van der Waals surface area contributed by atoms with Crippen LogP contribution in [-0.2, 0) is 14.6 Å². The number of unbranched alkanes of at least 4 members (excludes halogenated alkanes) is 1. The topological polar surface area (TPSA) is 77.2 Å². The van der Waals surface area contributed by atoms with Crippen LogP contribution in [0.5, 0.6) is 0 Å². The molecule has 0 aromatic heterocycles. The van der Waals surface area contributed by atoms with E-state index in [2.05, 4.69) is 0 Å². The molecule has 76 valence electrons. The Hall–Kier alpha value is -0.580. The third-order valence-corrected chi connectivity index (χ3v) is 4.48. The fourth-order valence-corrected chi connectivity index (χ4v) is 2.99. The molecule has 4 nitrogen and oxygen atoms in total. The highest BCUT2D eigenvalue weighted by Gasteiger charge is 2.34. The maximum Gasteiger partial charge on any atom is 0.217 e. The number of carbonyl (C=O) groups excluding carboxylic acids is 1. The standard InChI is InChI=1S/C8H15NO3S/c9-8(10)3-1-2-6-13(11,12)7-4-5-7/h7H,1-6H2,(H2,9,10). The molecule has 0 heterocycles. The van der Waals surface area contributed by atoms with Crippen molar-refractivity contribution in [2.24, 2.45) is 5.73 Å². The van der Waals surface area contributed by atoms with Gasteiger partial charge in [0, 0.05) is 6.42 Å². The number of hydrogen-bond donors (Lipinski definition) is 1. The van der Waals surface area contributed by atoms with Crippen molar-refractivity contribution in [3.63, 3.8) is 0 Å². The Labute approximate surface area is 78.4 Å². The summed E-state index contributed by atoms with van der Waals surface area (Å²) in [5, 5.41) is -0.0823.